The second-order valence-electron chi connectivity index (χ2n) is 6.42. The van der Waals surface area contributed by atoms with E-state index in [2.05, 4.69) is 0 Å². The highest BCUT2D eigenvalue weighted by Gasteiger charge is 2.66. The van der Waals surface area contributed by atoms with Gasteiger partial charge in [0, 0.05) is 6.54 Å². The van der Waals surface area contributed by atoms with Crippen molar-refractivity contribution in [3.05, 3.63) is 47.5 Å². The number of fused-ring (bicyclic) bond motifs is 1. The summed E-state index contributed by atoms with van der Waals surface area (Å²) in [7, 11) is 0. The van der Waals surface area contributed by atoms with E-state index in [0.29, 0.717) is 13.1 Å². The van der Waals surface area contributed by atoms with Crippen LogP contribution in [-0.4, -0.2) is 40.1 Å². The molecule has 1 spiro atoms. The molecular weight excluding hydrogens is 282 g/mol. The van der Waals surface area contributed by atoms with Crippen molar-refractivity contribution in [2.45, 2.75) is 25.2 Å². The fourth-order valence-corrected chi connectivity index (χ4v) is 3.91. The second-order valence-corrected chi connectivity index (χ2v) is 6.42. The minimum absolute atomic E-state index is 0.111. The predicted octanol–water partition coefficient (Wildman–Crippen LogP) is 1.36. The number of rotatable bonds is 3. The fraction of sp³-hybridized carbons (Fsp3) is 0.412. The first-order valence-electron chi connectivity index (χ1n) is 7.44. The van der Waals surface area contributed by atoms with Gasteiger partial charge in [-0.25, -0.2) is 0 Å². The number of nitrogens with zero attached hydrogens (tertiary/aromatic N) is 1. The molecule has 4 atom stereocenters. The van der Waals surface area contributed by atoms with Gasteiger partial charge in [0.05, 0.1) is 18.6 Å². The van der Waals surface area contributed by atoms with Crippen LogP contribution < -0.4 is 0 Å². The maximum absolute atomic E-state index is 12.7. The molecule has 0 saturated carbocycles. The van der Waals surface area contributed by atoms with E-state index in [4.69, 9.17) is 4.74 Å². The normalized spacial score (nSPS) is 35.2. The van der Waals surface area contributed by atoms with Crippen molar-refractivity contribution in [3.8, 4) is 0 Å². The first-order valence-corrected chi connectivity index (χ1v) is 7.44. The molecule has 3 aliphatic heterocycles. The van der Waals surface area contributed by atoms with E-state index < -0.39 is 29.5 Å². The van der Waals surface area contributed by atoms with E-state index in [9.17, 15) is 14.7 Å². The van der Waals surface area contributed by atoms with E-state index in [0.717, 1.165) is 5.56 Å². The van der Waals surface area contributed by atoms with Crippen LogP contribution in [0.4, 0.5) is 0 Å². The first-order chi connectivity index (χ1) is 10.5. The minimum Gasteiger partial charge on any atom is -0.481 e. The van der Waals surface area contributed by atoms with E-state index in [-0.39, 0.29) is 5.91 Å². The van der Waals surface area contributed by atoms with E-state index in [1.165, 1.54) is 5.56 Å². The zero-order chi connectivity index (χ0) is 15.5. The molecule has 1 aromatic rings. The lowest BCUT2D eigenvalue weighted by atomic mass is 9.77. The largest absolute Gasteiger partial charge is 0.481 e. The van der Waals surface area contributed by atoms with Gasteiger partial charge in [-0.2, -0.15) is 0 Å². The Hall–Kier alpha value is -2.14. The van der Waals surface area contributed by atoms with E-state index in [1.54, 1.807) is 11.0 Å². The number of carbonyl (C=O) groups excluding carboxylic acids is 1. The summed E-state index contributed by atoms with van der Waals surface area (Å²) >= 11 is 0. The lowest BCUT2D eigenvalue weighted by Crippen LogP contribution is -2.39. The Kier molecular flexibility index (Phi) is 2.72. The number of carbonyl (C=O) groups is 2. The Morgan fingerprint density at radius 1 is 1.41 bits per heavy atom. The summed E-state index contributed by atoms with van der Waals surface area (Å²) in [4.78, 5) is 25.9. The summed E-state index contributed by atoms with van der Waals surface area (Å²) < 4.78 is 5.86. The Balaban J connectivity index is 1.61. The van der Waals surface area contributed by atoms with Gasteiger partial charge in [0.15, 0.2) is 0 Å². The number of hydrogen-bond acceptors (Lipinski definition) is 3. The number of ether oxygens (including phenoxy) is 1. The van der Waals surface area contributed by atoms with Crippen molar-refractivity contribution in [2.24, 2.45) is 11.8 Å². The van der Waals surface area contributed by atoms with Gasteiger partial charge in [-0.1, -0.05) is 42.0 Å². The first kappa shape index (κ1) is 13.5. The van der Waals surface area contributed by atoms with Crippen LogP contribution in [0.3, 0.4) is 0 Å². The third-order valence-corrected chi connectivity index (χ3v) is 4.96. The molecule has 2 fully saturated rings. The Bertz CT molecular complexity index is 680. The molecule has 1 amide bonds. The van der Waals surface area contributed by atoms with Crippen LogP contribution in [0, 0.1) is 18.8 Å². The molecule has 114 valence electrons. The third kappa shape index (κ3) is 1.75. The maximum atomic E-state index is 12.7. The van der Waals surface area contributed by atoms with Crippen LogP contribution in [0.1, 0.15) is 11.1 Å². The molecule has 2 bridgehead atoms. The number of likely N-dealkylation sites (tertiary alicyclic amines) is 1. The molecule has 0 aliphatic carbocycles. The van der Waals surface area contributed by atoms with Crippen molar-refractivity contribution in [3.63, 3.8) is 0 Å². The molecule has 0 aromatic heterocycles. The van der Waals surface area contributed by atoms with E-state index >= 15 is 0 Å². The van der Waals surface area contributed by atoms with Gasteiger partial charge in [-0.15, -0.1) is 0 Å². The summed E-state index contributed by atoms with van der Waals surface area (Å²) in [5.41, 5.74) is 1.47. The monoisotopic (exact) mass is 299 g/mol. The SMILES string of the molecule is Cc1ccc(CN2C[C@@]34C=C[C@H](O3)[C@@H](C(=O)O)[C@H]4C2=O)cc1. The average Bonchev–Trinajstić information content (AvgIpc) is 3.10. The smallest absolute Gasteiger partial charge is 0.310 e. The highest BCUT2D eigenvalue weighted by Crippen LogP contribution is 2.52. The molecule has 4 rings (SSSR count). The lowest BCUT2D eigenvalue weighted by Gasteiger charge is -2.21. The predicted molar refractivity (Wildman–Crippen MR) is 78.0 cm³/mol. The van der Waals surface area contributed by atoms with Crippen LogP contribution in [0.5, 0.6) is 0 Å². The standard InChI is InChI=1S/C17H17NO4/c1-10-2-4-11(5-3-10)8-18-9-17-7-6-12(22-17)13(16(20)21)14(17)15(18)19/h2-7,12-14H,8-9H2,1H3,(H,20,21)/t12-,13+,14-,17+/m0/s1. The number of hydrogen-bond donors (Lipinski definition) is 1. The Morgan fingerprint density at radius 2 is 2.14 bits per heavy atom. The van der Waals surface area contributed by atoms with Gasteiger partial charge in [0.1, 0.15) is 11.5 Å². The second kappa shape index (κ2) is 4.43. The van der Waals surface area contributed by atoms with Crippen LogP contribution >= 0.6 is 0 Å². The molecule has 3 aliphatic rings. The summed E-state index contributed by atoms with van der Waals surface area (Å²) in [5, 5.41) is 9.42. The fourth-order valence-electron chi connectivity index (χ4n) is 3.91. The number of aliphatic carboxylic acids is 1. The zero-order valence-corrected chi connectivity index (χ0v) is 12.2. The minimum atomic E-state index is -0.952. The van der Waals surface area contributed by atoms with Gasteiger partial charge in [-0.05, 0) is 12.5 Å². The van der Waals surface area contributed by atoms with Crippen molar-refractivity contribution in [1.29, 1.82) is 0 Å². The molecule has 1 aromatic carbocycles. The molecule has 5 nitrogen and oxygen atoms in total. The average molecular weight is 299 g/mol. The quantitative estimate of drug-likeness (QED) is 0.856. The zero-order valence-electron chi connectivity index (χ0n) is 12.2. The molecule has 22 heavy (non-hydrogen) atoms. The molecule has 2 saturated heterocycles. The van der Waals surface area contributed by atoms with Gasteiger partial charge >= 0.3 is 5.97 Å². The third-order valence-electron chi connectivity index (χ3n) is 4.96. The molecule has 0 unspecified atom stereocenters. The van der Waals surface area contributed by atoms with Crippen molar-refractivity contribution >= 4 is 11.9 Å². The summed E-state index contributed by atoms with van der Waals surface area (Å²) in [5.74, 6) is -2.42. The van der Waals surface area contributed by atoms with Gasteiger partial charge < -0.3 is 14.7 Å². The van der Waals surface area contributed by atoms with Gasteiger partial charge in [-0.3, -0.25) is 9.59 Å². The van der Waals surface area contributed by atoms with Crippen LogP contribution in [0.25, 0.3) is 0 Å². The molecular formula is C17H17NO4. The summed E-state index contributed by atoms with van der Waals surface area (Å²) in [6.07, 6.45) is 3.21. The van der Waals surface area contributed by atoms with Gasteiger partial charge in [0.2, 0.25) is 5.91 Å². The number of amides is 1. The molecule has 0 radical (unpaired) electrons. The Labute approximate surface area is 128 Å². The van der Waals surface area contributed by atoms with Crippen molar-refractivity contribution in [2.75, 3.05) is 6.54 Å². The lowest BCUT2D eigenvalue weighted by molar-refractivity contribution is -0.148. The topological polar surface area (TPSA) is 66.8 Å². The Morgan fingerprint density at radius 3 is 2.82 bits per heavy atom. The maximum Gasteiger partial charge on any atom is 0.310 e. The van der Waals surface area contributed by atoms with E-state index in [1.807, 2.05) is 37.3 Å². The van der Waals surface area contributed by atoms with Crippen LogP contribution in [0.15, 0.2) is 36.4 Å². The molecule has 1 N–H and O–H groups in total. The number of carboxylic acid groups (broad SMARTS) is 1. The highest BCUT2D eigenvalue weighted by atomic mass is 16.5. The van der Waals surface area contributed by atoms with Crippen LogP contribution in [0.2, 0.25) is 0 Å². The number of carboxylic acids is 1. The van der Waals surface area contributed by atoms with Gasteiger partial charge in [0.25, 0.3) is 0 Å². The molecule has 5 heteroatoms. The van der Waals surface area contributed by atoms with Crippen LogP contribution in [-0.2, 0) is 20.9 Å². The summed E-state index contributed by atoms with van der Waals surface area (Å²) in [6, 6.07) is 8.02. The number of aryl methyl sites for hydroxylation is 1. The van der Waals surface area contributed by atoms with Crippen molar-refractivity contribution in [1.82, 2.24) is 4.90 Å². The van der Waals surface area contributed by atoms with Crippen molar-refractivity contribution < 1.29 is 19.4 Å². The number of benzene rings is 1. The highest BCUT2D eigenvalue weighted by molar-refractivity contribution is 5.90. The summed E-state index contributed by atoms with van der Waals surface area (Å²) in [6.45, 7) is 2.94. The molecule has 3 heterocycles.